The van der Waals surface area contributed by atoms with Gasteiger partial charge in [0.2, 0.25) is 10.0 Å². The SMILES string of the molecule is CCOc1ccc(S(=O)(=O)N2CCC(Nc3ccccc3)C2)c2ccccc12. The van der Waals surface area contributed by atoms with E-state index >= 15 is 0 Å². The summed E-state index contributed by atoms with van der Waals surface area (Å²) in [5.74, 6) is 0.710. The Hall–Kier alpha value is -2.57. The highest BCUT2D eigenvalue weighted by Crippen LogP contribution is 2.33. The van der Waals surface area contributed by atoms with Gasteiger partial charge in [0.15, 0.2) is 0 Å². The lowest BCUT2D eigenvalue weighted by Gasteiger charge is -2.19. The molecule has 3 aromatic rings. The van der Waals surface area contributed by atoms with Crippen LogP contribution >= 0.6 is 0 Å². The molecule has 1 fully saturated rings. The molecule has 1 atom stereocenters. The van der Waals surface area contributed by atoms with Crippen LogP contribution in [0.25, 0.3) is 10.8 Å². The number of fused-ring (bicyclic) bond motifs is 1. The zero-order chi connectivity index (χ0) is 19.6. The van der Waals surface area contributed by atoms with Crippen LogP contribution in [0.1, 0.15) is 13.3 Å². The van der Waals surface area contributed by atoms with Gasteiger partial charge in [-0.3, -0.25) is 0 Å². The fourth-order valence-corrected chi connectivity index (χ4v) is 5.42. The molecule has 1 aliphatic rings. The summed E-state index contributed by atoms with van der Waals surface area (Å²) in [5, 5.41) is 4.96. The first-order chi connectivity index (χ1) is 13.6. The van der Waals surface area contributed by atoms with Crippen molar-refractivity contribution in [2.45, 2.75) is 24.3 Å². The van der Waals surface area contributed by atoms with Crippen LogP contribution in [0.3, 0.4) is 0 Å². The van der Waals surface area contributed by atoms with Crippen LogP contribution in [0.5, 0.6) is 5.75 Å². The normalized spacial score (nSPS) is 17.7. The Kier molecular flexibility index (Phi) is 5.24. The Morgan fingerprint density at radius 1 is 1.00 bits per heavy atom. The van der Waals surface area contributed by atoms with Gasteiger partial charge in [-0.1, -0.05) is 42.5 Å². The molecule has 0 amide bonds. The molecule has 28 heavy (non-hydrogen) atoms. The first-order valence-electron chi connectivity index (χ1n) is 9.56. The van der Waals surface area contributed by atoms with E-state index in [0.717, 1.165) is 17.5 Å². The minimum atomic E-state index is -3.58. The van der Waals surface area contributed by atoms with Crippen molar-refractivity contribution in [3.05, 3.63) is 66.7 Å². The highest BCUT2D eigenvalue weighted by atomic mass is 32.2. The monoisotopic (exact) mass is 396 g/mol. The van der Waals surface area contributed by atoms with Crippen LogP contribution in [0.2, 0.25) is 0 Å². The predicted octanol–water partition coefficient (Wildman–Crippen LogP) is 4.11. The number of benzene rings is 3. The van der Waals surface area contributed by atoms with E-state index in [0.29, 0.717) is 35.7 Å². The molecule has 0 spiro atoms. The van der Waals surface area contributed by atoms with Crippen molar-refractivity contribution in [2.75, 3.05) is 25.0 Å². The number of rotatable bonds is 6. The summed E-state index contributed by atoms with van der Waals surface area (Å²) in [6.07, 6.45) is 0.781. The molecule has 0 radical (unpaired) electrons. The summed E-state index contributed by atoms with van der Waals surface area (Å²) in [4.78, 5) is 0.340. The molecule has 1 saturated heterocycles. The quantitative estimate of drug-likeness (QED) is 0.681. The Morgan fingerprint density at radius 3 is 2.46 bits per heavy atom. The maximum Gasteiger partial charge on any atom is 0.243 e. The van der Waals surface area contributed by atoms with Crippen LogP contribution in [0.4, 0.5) is 5.69 Å². The van der Waals surface area contributed by atoms with Crippen LogP contribution in [0, 0.1) is 0 Å². The molecule has 0 aromatic heterocycles. The second kappa shape index (κ2) is 7.81. The molecule has 1 N–H and O–H groups in total. The second-order valence-corrected chi connectivity index (χ2v) is 8.81. The molecule has 0 bridgehead atoms. The summed E-state index contributed by atoms with van der Waals surface area (Å²) in [6, 6.07) is 20.9. The average Bonchev–Trinajstić information content (AvgIpc) is 3.18. The Morgan fingerprint density at radius 2 is 1.71 bits per heavy atom. The van der Waals surface area contributed by atoms with E-state index < -0.39 is 10.0 Å². The van der Waals surface area contributed by atoms with Crippen LogP contribution in [-0.2, 0) is 10.0 Å². The Balaban J connectivity index is 1.61. The third-order valence-corrected chi connectivity index (χ3v) is 6.98. The first-order valence-corrected chi connectivity index (χ1v) is 11.0. The molecular formula is C22H24N2O3S. The van der Waals surface area contributed by atoms with Gasteiger partial charge in [-0.2, -0.15) is 4.31 Å². The second-order valence-electron chi connectivity index (χ2n) is 6.90. The third kappa shape index (κ3) is 3.57. The van der Waals surface area contributed by atoms with Gasteiger partial charge >= 0.3 is 0 Å². The van der Waals surface area contributed by atoms with Gasteiger partial charge in [-0.05, 0) is 37.6 Å². The first kappa shape index (κ1) is 18.8. The van der Waals surface area contributed by atoms with Gasteiger partial charge in [0, 0.05) is 35.6 Å². The van der Waals surface area contributed by atoms with E-state index in [4.69, 9.17) is 4.74 Å². The fourth-order valence-electron chi connectivity index (χ4n) is 3.72. The lowest BCUT2D eigenvalue weighted by Crippen LogP contribution is -2.31. The molecule has 1 heterocycles. The number of hydrogen-bond acceptors (Lipinski definition) is 4. The Bertz CT molecular complexity index is 1070. The molecule has 4 rings (SSSR count). The lowest BCUT2D eigenvalue weighted by atomic mass is 10.1. The third-order valence-electron chi connectivity index (χ3n) is 5.06. The maximum atomic E-state index is 13.4. The topological polar surface area (TPSA) is 58.6 Å². The Labute approximate surface area is 166 Å². The van der Waals surface area contributed by atoms with Gasteiger partial charge in [-0.25, -0.2) is 8.42 Å². The van der Waals surface area contributed by atoms with Crippen molar-refractivity contribution in [1.82, 2.24) is 4.31 Å². The number of sulfonamides is 1. The van der Waals surface area contributed by atoms with E-state index in [2.05, 4.69) is 5.32 Å². The van der Waals surface area contributed by atoms with E-state index in [1.807, 2.05) is 61.5 Å². The number of nitrogens with one attached hydrogen (secondary N) is 1. The molecule has 5 nitrogen and oxygen atoms in total. The molecule has 146 valence electrons. The molecule has 1 aliphatic heterocycles. The summed E-state index contributed by atoms with van der Waals surface area (Å²) >= 11 is 0. The van der Waals surface area contributed by atoms with E-state index in [1.54, 1.807) is 16.4 Å². The smallest absolute Gasteiger partial charge is 0.243 e. The number of para-hydroxylation sites is 1. The summed E-state index contributed by atoms with van der Waals surface area (Å²) in [6.45, 7) is 3.42. The lowest BCUT2D eigenvalue weighted by molar-refractivity contribution is 0.344. The number of hydrogen-bond donors (Lipinski definition) is 1. The van der Waals surface area contributed by atoms with E-state index in [1.165, 1.54) is 0 Å². The maximum absolute atomic E-state index is 13.4. The van der Waals surface area contributed by atoms with E-state index in [9.17, 15) is 8.42 Å². The highest BCUT2D eigenvalue weighted by molar-refractivity contribution is 7.89. The summed E-state index contributed by atoms with van der Waals surface area (Å²) < 4.78 is 34.0. The predicted molar refractivity (Wildman–Crippen MR) is 112 cm³/mol. The zero-order valence-electron chi connectivity index (χ0n) is 15.8. The number of nitrogens with zero attached hydrogens (tertiary/aromatic N) is 1. The summed E-state index contributed by atoms with van der Waals surface area (Å²) in [7, 11) is -3.58. The van der Waals surface area contributed by atoms with Crippen molar-refractivity contribution < 1.29 is 13.2 Å². The fraction of sp³-hybridized carbons (Fsp3) is 0.273. The summed E-state index contributed by atoms with van der Waals surface area (Å²) in [5.41, 5.74) is 1.01. The molecule has 1 unspecified atom stereocenters. The van der Waals surface area contributed by atoms with Crippen LogP contribution < -0.4 is 10.1 Å². The minimum absolute atomic E-state index is 0.103. The molecule has 3 aromatic carbocycles. The molecule has 0 saturated carbocycles. The number of anilines is 1. The van der Waals surface area contributed by atoms with Crippen LogP contribution in [-0.4, -0.2) is 38.5 Å². The van der Waals surface area contributed by atoms with Gasteiger partial charge in [0.1, 0.15) is 5.75 Å². The van der Waals surface area contributed by atoms with Crippen molar-refractivity contribution in [3.8, 4) is 5.75 Å². The van der Waals surface area contributed by atoms with Crippen molar-refractivity contribution >= 4 is 26.5 Å². The zero-order valence-corrected chi connectivity index (χ0v) is 16.7. The molecular weight excluding hydrogens is 372 g/mol. The minimum Gasteiger partial charge on any atom is -0.493 e. The standard InChI is InChI=1S/C22H24N2O3S/c1-2-27-21-12-13-22(20-11-7-6-10-19(20)21)28(25,26)24-15-14-18(16-24)23-17-8-4-3-5-9-17/h3-13,18,23H,2,14-16H2,1H3. The largest absolute Gasteiger partial charge is 0.493 e. The number of ether oxygens (including phenoxy) is 1. The van der Waals surface area contributed by atoms with Gasteiger partial charge in [-0.15, -0.1) is 0 Å². The molecule has 6 heteroatoms. The molecule has 0 aliphatic carbocycles. The van der Waals surface area contributed by atoms with Crippen LogP contribution in [0.15, 0.2) is 71.6 Å². The highest BCUT2D eigenvalue weighted by Gasteiger charge is 2.33. The van der Waals surface area contributed by atoms with Crippen molar-refractivity contribution in [1.29, 1.82) is 0 Å². The van der Waals surface area contributed by atoms with Crippen molar-refractivity contribution in [3.63, 3.8) is 0 Å². The van der Waals surface area contributed by atoms with Gasteiger partial charge in [0.05, 0.1) is 11.5 Å². The van der Waals surface area contributed by atoms with Gasteiger partial charge in [0.25, 0.3) is 0 Å². The van der Waals surface area contributed by atoms with E-state index in [-0.39, 0.29) is 6.04 Å². The van der Waals surface area contributed by atoms with Crippen molar-refractivity contribution in [2.24, 2.45) is 0 Å². The average molecular weight is 397 g/mol. The van der Waals surface area contributed by atoms with Gasteiger partial charge < -0.3 is 10.1 Å².